The van der Waals surface area contributed by atoms with Crippen LogP contribution < -0.4 is 20.1 Å². The number of non-ortho nitro benzene ring substituents is 1. The van der Waals surface area contributed by atoms with E-state index in [2.05, 4.69) is 10.6 Å². The van der Waals surface area contributed by atoms with Crippen LogP contribution in [0.25, 0.3) is 0 Å². The van der Waals surface area contributed by atoms with Crippen LogP contribution in [0.3, 0.4) is 0 Å². The predicted molar refractivity (Wildman–Crippen MR) is 120 cm³/mol. The summed E-state index contributed by atoms with van der Waals surface area (Å²) in [6.45, 7) is 0.705. The number of amides is 1. The van der Waals surface area contributed by atoms with Crippen molar-refractivity contribution < 1.29 is 19.2 Å². The van der Waals surface area contributed by atoms with Crippen LogP contribution in [0.2, 0.25) is 5.02 Å². The molecule has 32 heavy (non-hydrogen) atoms. The Morgan fingerprint density at radius 2 is 1.81 bits per heavy atom. The summed E-state index contributed by atoms with van der Waals surface area (Å²) in [6.07, 6.45) is -0.285. The van der Waals surface area contributed by atoms with Crippen LogP contribution in [-0.4, -0.2) is 30.1 Å². The Morgan fingerprint density at radius 3 is 2.53 bits per heavy atom. The fourth-order valence-corrected chi connectivity index (χ4v) is 3.57. The smallest absolute Gasteiger partial charge is 0.271 e. The predicted octanol–water partition coefficient (Wildman–Crippen LogP) is 4.36. The summed E-state index contributed by atoms with van der Waals surface area (Å²) >= 11 is 6.14. The molecule has 164 valence electrons. The number of carbonyl (C=O) groups is 1. The van der Waals surface area contributed by atoms with Crippen molar-refractivity contribution >= 4 is 28.9 Å². The van der Waals surface area contributed by atoms with Gasteiger partial charge in [-0.25, -0.2) is 0 Å². The lowest BCUT2D eigenvalue weighted by atomic mass is 10.1. The maximum Gasteiger partial charge on any atom is 0.271 e. The highest BCUT2D eigenvalue weighted by Gasteiger charge is 2.26. The van der Waals surface area contributed by atoms with Crippen LogP contribution in [-0.2, 0) is 4.79 Å². The van der Waals surface area contributed by atoms with Crippen LogP contribution in [0.1, 0.15) is 11.6 Å². The van der Waals surface area contributed by atoms with E-state index in [1.807, 2.05) is 54.6 Å². The highest BCUT2D eigenvalue weighted by Crippen LogP contribution is 2.31. The highest BCUT2D eigenvalue weighted by molar-refractivity contribution is 6.34. The van der Waals surface area contributed by atoms with Gasteiger partial charge in [0, 0.05) is 18.7 Å². The van der Waals surface area contributed by atoms with E-state index in [0.29, 0.717) is 24.7 Å². The molecule has 3 aromatic carbocycles. The molecule has 0 radical (unpaired) electrons. The summed E-state index contributed by atoms with van der Waals surface area (Å²) in [4.78, 5) is 23.5. The number of nitrogens with zero attached hydrogens (tertiary/aromatic N) is 1. The number of para-hydroxylation sites is 2. The van der Waals surface area contributed by atoms with Gasteiger partial charge in [0.2, 0.25) is 5.91 Å². The molecule has 1 aliphatic rings. The molecule has 9 heteroatoms. The Morgan fingerprint density at radius 1 is 1.09 bits per heavy atom. The zero-order chi connectivity index (χ0) is 22.5. The van der Waals surface area contributed by atoms with Crippen molar-refractivity contribution in [1.29, 1.82) is 0 Å². The maximum absolute atomic E-state index is 13.1. The van der Waals surface area contributed by atoms with E-state index in [0.717, 1.165) is 5.56 Å². The lowest BCUT2D eigenvalue weighted by molar-refractivity contribution is -0.384. The van der Waals surface area contributed by atoms with E-state index < -0.39 is 11.0 Å². The summed E-state index contributed by atoms with van der Waals surface area (Å²) in [7, 11) is 0. The van der Waals surface area contributed by atoms with Gasteiger partial charge in [0.05, 0.1) is 15.6 Å². The largest absolute Gasteiger partial charge is 0.486 e. The molecule has 0 fully saturated rings. The summed E-state index contributed by atoms with van der Waals surface area (Å²) < 4.78 is 11.7. The Hall–Kier alpha value is -3.62. The molecule has 1 aliphatic heterocycles. The van der Waals surface area contributed by atoms with E-state index >= 15 is 0 Å². The molecule has 0 unspecified atom stereocenters. The van der Waals surface area contributed by atoms with Gasteiger partial charge >= 0.3 is 0 Å². The third kappa shape index (κ3) is 4.99. The van der Waals surface area contributed by atoms with Crippen LogP contribution in [0.5, 0.6) is 11.5 Å². The molecular weight excluding hydrogens is 434 g/mol. The number of ether oxygens (including phenoxy) is 2. The minimum Gasteiger partial charge on any atom is -0.486 e. The number of rotatable bonds is 7. The molecule has 1 heterocycles. The lowest BCUT2D eigenvalue weighted by Gasteiger charge is -2.28. The van der Waals surface area contributed by atoms with Crippen molar-refractivity contribution in [1.82, 2.24) is 5.32 Å². The van der Waals surface area contributed by atoms with E-state index in [1.165, 1.54) is 18.2 Å². The molecule has 0 bridgehead atoms. The second-order valence-corrected chi connectivity index (χ2v) is 7.57. The molecule has 0 spiro atoms. The topological polar surface area (TPSA) is 103 Å². The number of nitro benzene ring substituents is 1. The average molecular weight is 454 g/mol. The first-order valence-electron chi connectivity index (χ1n) is 9.93. The molecule has 2 N–H and O–H groups in total. The molecule has 1 amide bonds. The van der Waals surface area contributed by atoms with Gasteiger partial charge < -0.3 is 14.8 Å². The monoisotopic (exact) mass is 453 g/mol. The van der Waals surface area contributed by atoms with Crippen LogP contribution >= 0.6 is 11.6 Å². The quantitative estimate of drug-likeness (QED) is 0.407. The molecule has 0 aliphatic carbocycles. The molecule has 4 rings (SSSR count). The molecule has 0 saturated carbocycles. The van der Waals surface area contributed by atoms with Crippen LogP contribution in [0, 0.1) is 10.1 Å². The SMILES string of the molecule is O=C(Nc1ccc([N+](=O)[O-])cc1Cl)[C@@H](NC[C@@H]1COc2ccccc2O1)c1ccccc1. The van der Waals surface area contributed by atoms with Crippen molar-refractivity contribution in [3.63, 3.8) is 0 Å². The number of hydrogen-bond donors (Lipinski definition) is 2. The second-order valence-electron chi connectivity index (χ2n) is 7.16. The zero-order valence-corrected chi connectivity index (χ0v) is 17.6. The van der Waals surface area contributed by atoms with E-state index in [9.17, 15) is 14.9 Å². The minimum atomic E-state index is -0.705. The third-order valence-electron chi connectivity index (χ3n) is 4.93. The van der Waals surface area contributed by atoms with Crippen molar-refractivity contribution in [2.24, 2.45) is 0 Å². The first-order valence-corrected chi connectivity index (χ1v) is 10.3. The molecule has 2 atom stereocenters. The average Bonchev–Trinajstić information content (AvgIpc) is 2.81. The maximum atomic E-state index is 13.1. The summed E-state index contributed by atoms with van der Waals surface area (Å²) in [5.41, 5.74) is 0.886. The van der Waals surface area contributed by atoms with Gasteiger partial charge in [-0.1, -0.05) is 54.1 Å². The molecular formula is C23H20ClN3O5. The lowest BCUT2D eigenvalue weighted by Crippen LogP contribution is -2.42. The van der Waals surface area contributed by atoms with Gasteiger partial charge in [-0.2, -0.15) is 0 Å². The van der Waals surface area contributed by atoms with Crippen molar-refractivity contribution in [3.8, 4) is 11.5 Å². The Bertz CT molecular complexity index is 1130. The van der Waals surface area contributed by atoms with Gasteiger partial charge in [-0.3, -0.25) is 20.2 Å². The zero-order valence-electron chi connectivity index (χ0n) is 16.9. The fraction of sp³-hybridized carbons (Fsp3) is 0.174. The molecule has 3 aromatic rings. The van der Waals surface area contributed by atoms with Crippen LogP contribution in [0.4, 0.5) is 11.4 Å². The summed E-state index contributed by atoms with van der Waals surface area (Å²) in [5.74, 6) is 0.988. The first-order chi connectivity index (χ1) is 15.5. The van der Waals surface area contributed by atoms with E-state index in [1.54, 1.807) is 0 Å². The number of benzene rings is 3. The van der Waals surface area contributed by atoms with Gasteiger partial charge in [-0.15, -0.1) is 0 Å². The number of hydrogen-bond acceptors (Lipinski definition) is 6. The van der Waals surface area contributed by atoms with Gasteiger partial charge in [0.15, 0.2) is 11.5 Å². The van der Waals surface area contributed by atoms with Crippen LogP contribution in [0.15, 0.2) is 72.8 Å². The van der Waals surface area contributed by atoms with Gasteiger partial charge in [0.1, 0.15) is 18.8 Å². The van der Waals surface area contributed by atoms with Crippen molar-refractivity contribution in [2.45, 2.75) is 12.1 Å². The number of nitro groups is 1. The van der Waals surface area contributed by atoms with Gasteiger partial charge in [0.25, 0.3) is 5.69 Å². The highest BCUT2D eigenvalue weighted by atomic mass is 35.5. The third-order valence-corrected chi connectivity index (χ3v) is 5.25. The van der Waals surface area contributed by atoms with E-state index in [-0.39, 0.29) is 28.4 Å². The number of carbonyl (C=O) groups excluding carboxylic acids is 1. The fourth-order valence-electron chi connectivity index (χ4n) is 3.34. The molecule has 0 aromatic heterocycles. The minimum absolute atomic E-state index is 0.0833. The second kappa shape index (κ2) is 9.67. The summed E-state index contributed by atoms with van der Waals surface area (Å²) in [5, 5.41) is 17.0. The number of anilines is 1. The first kappa shape index (κ1) is 21.6. The van der Waals surface area contributed by atoms with Crippen molar-refractivity contribution in [3.05, 3.63) is 93.5 Å². The Kier molecular flexibility index (Phi) is 6.53. The molecule has 0 saturated heterocycles. The standard InChI is InChI=1S/C23H20ClN3O5/c24-18-12-16(27(29)30)10-11-19(18)26-23(28)22(15-6-2-1-3-7-15)25-13-17-14-31-20-8-4-5-9-21(20)32-17/h1-12,17,22,25H,13-14H2,(H,26,28)/t17-,22+/m1/s1. The number of halogens is 1. The Labute approximate surface area is 189 Å². The Balaban J connectivity index is 1.48. The summed E-state index contributed by atoms with van der Waals surface area (Å²) in [6, 6.07) is 19.8. The van der Waals surface area contributed by atoms with E-state index in [4.69, 9.17) is 21.1 Å². The number of nitrogens with one attached hydrogen (secondary N) is 2. The van der Waals surface area contributed by atoms with Gasteiger partial charge in [-0.05, 0) is 23.8 Å². The normalized spacial score (nSPS) is 15.6. The molecule has 8 nitrogen and oxygen atoms in total. The van der Waals surface area contributed by atoms with Crippen molar-refractivity contribution in [2.75, 3.05) is 18.5 Å². The number of fused-ring (bicyclic) bond motifs is 1.